The second kappa shape index (κ2) is 5.07. The van der Waals surface area contributed by atoms with Crippen LogP contribution in [0.1, 0.15) is 13.8 Å². The highest BCUT2D eigenvalue weighted by molar-refractivity contribution is 5.25. The Labute approximate surface area is 56.1 Å². The monoisotopic (exact) mass is 121 g/mol. The fourth-order valence-electron chi connectivity index (χ4n) is 0.311. The number of allylic oxidation sites excluding steroid dienone is 3. The first-order chi connectivity index (χ1) is 4.27. The van der Waals surface area contributed by atoms with Gasteiger partial charge in [-0.25, -0.2) is 0 Å². The highest BCUT2D eigenvalue weighted by Crippen LogP contribution is 1.86. The van der Waals surface area contributed by atoms with Crippen LogP contribution in [-0.2, 0) is 0 Å². The Bertz CT molecular complexity index is 165. The minimum Gasteiger partial charge on any atom is -0.264 e. The molecule has 0 radical (unpaired) electrons. The van der Waals surface area contributed by atoms with E-state index in [4.69, 9.17) is 0 Å². The van der Waals surface area contributed by atoms with Crippen molar-refractivity contribution < 1.29 is 0 Å². The molecule has 1 heteroatoms. The molecule has 0 aliphatic heterocycles. The van der Waals surface area contributed by atoms with Gasteiger partial charge in [-0.3, -0.25) is 4.99 Å². The number of hydrogen-bond acceptors (Lipinski definition) is 1. The Morgan fingerprint density at radius 1 is 1.56 bits per heavy atom. The number of rotatable bonds is 2. The predicted molar refractivity (Wildman–Crippen MR) is 41.6 cm³/mol. The van der Waals surface area contributed by atoms with Crippen LogP contribution in [0.5, 0.6) is 0 Å². The maximum Gasteiger partial charge on any atom is 0.0679 e. The van der Waals surface area contributed by atoms with E-state index in [0.717, 1.165) is 0 Å². The van der Waals surface area contributed by atoms with E-state index in [-0.39, 0.29) is 0 Å². The van der Waals surface area contributed by atoms with Crippen molar-refractivity contribution in [1.82, 2.24) is 0 Å². The first-order valence-corrected chi connectivity index (χ1v) is 2.77. The van der Waals surface area contributed by atoms with E-state index in [1.807, 2.05) is 26.0 Å². The van der Waals surface area contributed by atoms with E-state index in [9.17, 15) is 0 Å². The summed E-state index contributed by atoms with van der Waals surface area (Å²) in [6, 6.07) is 0. The highest BCUT2D eigenvalue weighted by Gasteiger charge is 1.65. The lowest BCUT2D eigenvalue weighted by molar-refractivity contribution is 1.39. The minimum absolute atomic E-state index is 1.25. The average Bonchev–Trinajstić information content (AvgIpc) is 1.80. The van der Waals surface area contributed by atoms with Gasteiger partial charge in [-0.15, -0.1) is 5.73 Å². The van der Waals surface area contributed by atoms with Crippen molar-refractivity contribution in [3.63, 3.8) is 0 Å². The van der Waals surface area contributed by atoms with Gasteiger partial charge < -0.3 is 0 Å². The fourth-order valence-corrected chi connectivity index (χ4v) is 0.311. The van der Waals surface area contributed by atoms with Crippen molar-refractivity contribution in [2.45, 2.75) is 13.8 Å². The summed E-state index contributed by atoms with van der Waals surface area (Å²) in [5.74, 6) is 0. The molecule has 0 amide bonds. The number of aliphatic imine (C=N–C) groups is 1. The van der Waals surface area contributed by atoms with Gasteiger partial charge in [0, 0.05) is 0 Å². The van der Waals surface area contributed by atoms with Crippen LogP contribution in [0.4, 0.5) is 0 Å². The molecular formula is C8H11N. The van der Waals surface area contributed by atoms with Gasteiger partial charge in [-0.2, -0.15) is 0 Å². The predicted octanol–water partition coefficient (Wildman–Crippen LogP) is 2.32. The first kappa shape index (κ1) is 7.93. The Balaban J connectivity index is 3.87. The molecule has 0 saturated carbocycles. The summed E-state index contributed by atoms with van der Waals surface area (Å²) in [7, 11) is 0. The van der Waals surface area contributed by atoms with Gasteiger partial charge in [0.1, 0.15) is 0 Å². The lowest BCUT2D eigenvalue weighted by Gasteiger charge is -1.76. The van der Waals surface area contributed by atoms with Gasteiger partial charge in [0.2, 0.25) is 0 Å². The van der Waals surface area contributed by atoms with E-state index in [0.29, 0.717) is 0 Å². The molecule has 0 aromatic rings. The van der Waals surface area contributed by atoms with Crippen LogP contribution in [0.25, 0.3) is 0 Å². The van der Waals surface area contributed by atoms with Gasteiger partial charge in [0.15, 0.2) is 0 Å². The largest absolute Gasteiger partial charge is 0.264 e. The minimum atomic E-state index is 1.25. The lowest BCUT2D eigenvalue weighted by Crippen LogP contribution is -1.55. The molecular weight excluding hydrogens is 110 g/mol. The van der Waals surface area contributed by atoms with Crippen molar-refractivity contribution in [2.24, 2.45) is 4.99 Å². The molecule has 0 bridgehead atoms. The maximum atomic E-state index is 3.49. The summed E-state index contributed by atoms with van der Waals surface area (Å²) in [5.41, 5.74) is 4.06. The Morgan fingerprint density at radius 3 is 2.67 bits per heavy atom. The molecule has 0 aromatic carbocycles. The third-order valence-corrected chi connectivity index (χ3v) is 0.679. The van der Waals surface area contributed by atoms with Crippen molar-refractivity contribution >= 4 is 6.72 Å². The van der Waals surface area contributed by atoms with Gasteiger partial charge in [0.25, 0.3) is 0 Å². The summed E-state index contributed by atoms with van der Waals surface area (Å²) in [6.07, 6.45) is 5.30. The molecule has 0 atom stereocenters. The van der Waals surface area contributed by atoms with Gasteiger partial charge >= 0.3 is 0 Å². The molecule has 0 aromatic heterocycles. The summed E-state index contributed by atoms with van der Waals surface area (Å²) in [4.78, 5) is 3.49. The molecule has 9 heavy (non-hydrogen) atoms. The molecule has 48 valence electrons. The second-order valence-electron chi connectivity index (χ2n) is 1.89. The summed E-state index contributed by atoms with van der Waals surface area (Å²) >= 11 is 0. The van der Waals surface area contributed by atoms with Crippen LogP contribution in [0.15, 0.2) is 34.6 Å². The van der Waals surface area contributed by atoms with Gasteiger partial charge in [0.05, 0.1) is 6.20 Å². The van der Waals surface area contributed by atoms with Crippen molar-refractivity contribution in [3.8, 4) is 0 Å². The van der Waals surface area contributed by atoms with Crippen molar-refractivity contribution in [1.29, 1.82) is 0 Å². The zero-order valence-electron chi connectivity index (χ0n) is 5.89. The second-order valence-corrected chi connectivity index (χ2v) is 1.89. The molecule has 0 spiro atoms. The molecule has 1 nitrogen and oxygen atoms in total. The normalized spacial score (nSPS) is 6.89. The van der Waals surface area contributed by atoms with Gasteiger partial charge in [-0.05, 0) is 26.6 Å². The topological polar surface area (TPSA) is 12.4 Å². The quantitative estimate of drug-likeness (QED) is 0.302. The molecule has 0 aliphatic rings. The number of hydrogen-bond donors (Lipinski definition) is 0. The van der Waals surface area contributed by atoms with E-state index in [1.165, 1.54) is 11.8 Å². The zero-order valence-corrected chi connectivity index (χ0v) is 5.89. The van der Waals surface area contributed by atoms with E-state index in [2.05, 4.69) is 17.4 Å². The SMILES string of the molecule is C=NC=C=CC=C(C)C. The van der Waals surface area contributed by atoms with Crippen LogP contribution in [0, 0.1) is 0 Å². The summed E-state index contributed by atoms with van der Waals surface area (Å²) in [5, 5.41) is 0. The van der Waals surface area contributed by atoms with E-state index >= 15 is 0 Å². The lowest BCUT2D eigenvalue weighted by atomic mass is 10.3. The van der Waals surface area contributed by atoms with Crippen LogP contribution < -0.4 is 0 Å². The third-order valence-electron chi connectivity index (χ3n) is 0.679. The molecule has 0 heterocycles. The van der Waals surface area contributed by atoms with E-state index in [1.54, 1.807) is 0 Å². The molecule has 0 rings (SSSR count). The summed E-state index contributed by atoms with van der Waals surface area (Å²) < 4.78 is 0. The molecule has 0 saturated heterocycles. The standard InChI is InChI=1S/C8H11N/c1-8(2)6-4-5-7-9-3/h4,6-7H,3H2,1-2H3. The smallest absolute Gasteiger partial charge is 0.0679 e. The average molecular weight is 121 g/mol. The Morgan fingerprint density at radius 2 is 2.22 bits per heavy atom. The summed E-state index contributed by atoms with van der Waals surface area (Å²) in [6.45, 7) is 7.32. The molecule has 0 N–H and O–H groups in total. The van der Waals surface area contributed by atoms with Crippen LogP contribution >= 0.6 is 0 Å². The maximum absolute atomic E-state index is 3.49. The van der Waals surface area contributed by atoms with Crippen molar-refractivity contribution in [3.05, 3.63) is 29.7 Å². The highest BCUT2D eigenvalue weighted by atomic mass is 14.6. The Kier molecular flexibility index (Phi) is 4.47. The van der Waals surface area contributed by atoms with Crippen LogP contribution in [0.2, 0.25) is 0 Å². The molecule has 0 fully saturated rings. The molecule has 0 unspecified atom stereocenters. The van der Waals surface area contributed by atoms with Crippen LogP contribution in [0.3, 0.4) is 0 Å². The zero-order chi connectivity index (χ0) is 7.11. The first-order valence-electron chi connectivity index (χ1n) is 2.77. The Hall–Kier alpha value is -1.07. The van der Waals surface area contributed by atoms with Gasteiger partial charge in [-0.1, -0.05) is 11.6 Å². The fraction of sp³-hybridized carbons (Fsp3) is 0.250. The van der Waals surface area contributed by atoms with Crippen molar-refractivity contribution in [2.75, 3.05) is 0 Å². The number of nitrogens with zero attached hydrogens (tertiary/aromatic N) is 1. The van der Waals surface area contributed by atoms with Crippen LogP contribution in [-0.4, -0.2) is 6.72 Å². The van der Waals surface area contributed by atoms with E-state index < -0.39 is 0 Å². The third kappa shape index (κ3) is 6.93. The molecule has 0 aliphatic carbocycles.